The monoisotopic (exact) mass is 292 g/mol. The summed E-state index contributed by atoms with van der Waals surface area (Å²) in [5.74, 6) is -0.615. The van der Waals surface area contributed by atoms with Crippen LogP contribution in [0, 0.1) is 5.41 Å². The highest BCUT2D eigenvalue weighted by atomic mass is 16.6. The smallest absolute Gasteiger partial charge is 0.335 e. The molecule has 1 heterocycles. The topological polar surface area (TPSA) is 43.4 Å². The Morgan fingerprint density at radius 2 is 1.62 bits per heavy atom. The van der Waals surface area contributed by atoms with E-state index in [0.29, 0.717) is 6.42 Å². The fourth-order valence-electron chi connectivity index (χ4n) is 3.50. The Hall–Kier alpha value is -1.12. The van der Waals surface area contributed by atoms with Gasteiger partial charge in [0.25, 0.3) is 0 Å². The summed E-state index contributed by atoms with van der Waals surface area (Å²) >= 11 is 0. The number of esters is 2. The van der Waals surface area contributed by atoms with Crippen molar-refractivity contribution >= 4 is 11.9 Å². The molecule has 3 heteroatoms. The number of cyclic esters (lactones) is 2. The van der Waals surface area contributed by atoms with Crippen molar-refractivity contribution in [2.24, 2.45) is 5.41 Å². The molecule has 1 aliphatic heterocycles. The van der Waals surface area contributed by atoms with E-state index < -0.39 is 5.41 Å². The number of carbonyl (C=O) groups excluding carboxylic acids is 2. The van der Waals surface area contributed by atoms with Gasteiger partial charge in [-0.15, -0.1) is 0 Å². The van der Waals surface area contributed by atoms with Crippen LogP contribution in [0.3, 0.4) is 0 Å². The maximum absolute atomic E-state index is 11.8. The lowest BCUT2D eigenvalue weighted by atomic mass is 9.68. The predicted molar refractivity (Wildman–Crippen MR) is 82.7 cm³/mol. The van der Waals surface area contributed by atoms with Crippen LogP contribution in [0.2, 0.25) is 0 Å². The molecule has 3 nitrogen and oxygen atoms in total. The summed E-state index contributed by atoms with van der Waals surface area (Å²) in [5.41, 5.74) is 0.181. The molecule has 0 unspecified atom stereocenters. The number of rotatable bonds is 9. The molecule has 21 heavy (non-hydrogen) atoms. The van der Waals surface area contributed by atoms with Gasteiger partial charge in [0.2, 0.25) is 0 Å². The molecular formula is C18H28O3. The number of hydrogen-bond acceptors (Lipinski definition) is 3. The molecule has 1 fully saturated rings. The summed E-state index contributed by atoms with van der Waals surface area (Å²) in [6.07, 6.45) is 15.8. The van der Waals surface area contributed by atoms with E-state index in [2.05, 4.69) is 17.7 Å². The molecule has 1 spiro atoms. The first-order valence-electron chi connectivity index (χ1n) is 8.68. The molecule has 0 amide bonds. The molecule has 1 saturated heterocycles. The molecule has 0 saturated carbocycles. The molecule has 118 valence electrons. The fourth-order valence-corrected chi connectivity index (χ4v) is 3.50. The third-order valence-electron chi connectivity index (χ3n) is 4.88. The van der Waals surface area contributed by atoms with E-state index in [1.54, 1.807) is 0 Å². The van der Waals surface area contributed by atoms with Crippen molar-refractivity contribution in [2.75, 3.05) is 0 Å². The zero-order valence-corrected chi connectivity index (χ0v) is 13.3. The summed E-state index contributed by atoms with van der Waals surface area (Å²) < 4.78 is 4.63. The summed E-state index contributed by atoms with van der Waals surface area (Å²) in [4.78, 5) is 23.6. The zero-order chi connectivity index (χ0) is 15.1. The quantitative estimate of drug-likeness (QED) is 0.268. The Morgan fingerprint density at radius 1 is 1.00 bits per heavy atom. The fraction of sp³-hybridized carbons (Fsp3) is 0.778. The van der Waals surface area contributed by atoms with E-state index >= 15 is 0 Å². The number of carbonyl (C=O) groups is 2. The second-order valence-electron chi connectivity index (χ2n) is 6.43. The predicted octanol–water partition coefficient (Wildman–Crippen LogP) is 4.70. The minimum atomic E-state index is -0.862. The summed E-state index contributed by atoms with van der Waals surface area (Å²) in [5, 5.41) is 0. The van der Waals surface area contributed by atoms with E-state index in [4.69, 9.17) is 0 Å². The van der Waals surface area contributed by atoms with Gasteiger partial charge in [-0.1, -0.05) is 57.9 Å². The molecule has 0 atom stereocenters. The van der Waals surface area contributed by atoms with Gasteiger partial charge in [0, 0.05) is 0 Å². The zero-order valence-electron chi connectivity index (χ0n) is 13.3. The lowest BCUT2D eigenvalue weighted by molar-refractivity contribution is -0.194. The molecule has 0 bridgehead atoms. The Labute approximate surface area is 128 Å². The molecule has 0 radical (unpaired) electrons. The molecular weight excluding hydrogens is 264 g/mol. The van der Waals surface area contributed by atoms with Crippen LogP contribution in [0.5, 0.6) is 0 Å². The van der Waals surface area contributed by atoms with Crippen molar-refractivity contribution in [3.8, 4) is 0 Å². The lowest BCUT2D eigenvalue weighted by Crippen LogP contribution is -2.55. The Kier molecular flexibility index (Phi) is 6.01. The Balaban J connectivity index is 1.69. The maximum Gasteiger partial charge on any atom is 0.335 e. The van der Waals surface area contributed by atoms with Crippen molar-refractivity contribution in [1.29, 1.82) is 0 Å². The van der Waals surface area contributed by atoms with Crippen LogP contribution in [-0.2, 0) is 14.3 Å². The van der Waals surface area contributed by atoms with E-state index in [-0.39, 0.29) is 11.9 Å². The molecule has 2 rings (SSSR count). The molecule has 1 aliphatic carbocycles. The molecule has 0 aromatic carbocycles. The normalized spacial score (nSPS) is 20.1. The summed E-state index contributed by atoms with van der Waals surface area (Å²) in [7, 11) is 0. The van der Waals surface area contributed by atoms with Gasteiger partial charge in [-0.05, 0) is 37.7 Å². The van der Waals surface area contributed by atoms with Crippen LogP contribution in [0.4, 0.5) is 0 Å². The van der Waals surface area contributed by atoms with Crippen molar-refractivity contribution in [3.63, 3.8) is 0 Å². The van der Waals surface area contributed by atoms with E-state index in [9.17, 15) is 9.59 Å². The van der Waals surface area contributed by atoms with Crippen LogP contribution >= 0.6 is 0 Å². The van der Waals surface area contributed by atoms with Gasteiger partial charge in [0.1, 0.15) is 0 Å². The van der Waals surface area contributed by atoms with E-state index in [1.165, 1.54) is 44.9 Å². The van der Waals surface area contributed by atoms with Crippen LogP contribution < -0.4 is 0 Å². The first kappa shape index (κ1) is 16.3. The lowest BCUT2D eigenvalue weighted by Gasteiger charge is -2.40. The van der Waals surface area contributed by atoms with Gasteiger partial charge in [0.15, 0.2) is 5.41 Å². The molecule has 0 aromatic rings. The Morgan fingerprint density at radius 3 is 2.24 bits per heavy atom. The van der Waals surface area contributed by atoms with Crippen LogP contribution in [0.1, 0.15) is 84.0 Å². The van der Waals surface area contributed by atoms with Gasteiger partial charge in [-0.2, -0.15) is 0 Å². The van der Waals surface area contributed by atoms with Crippen LogP contribution in [0.25, 0.3) is 0 Å². The van der Waals surface area contributed by atoms with E-state index in [0.717, 1.165) is 31.3 Å². The van der Waals surface area contributed by atoms with Gasteiger partial charge in [0.05, 0.1) is 0 Å². The SMILES string of the molecule is CCCCCCCCCCC1=CCCCC12C(=O)OC2=O. The number of ether oxygens (including phenoxy) is 1. The molecule has 0 N–H and O–H groups in total. The highest BCUT2D eigenvalue weighted by Gasteiger charge is 2.60. The van der Waals surface area contributed by atoms with Gasteiger partial charge in [-0.3, -0.25) is 0 Å². The summed E-state index contributed by atoms with van der Waals surface area (Å²) in [6.45, 7) is 2.24. The highest BCUT2D eigenvalue weighted by Crippen LogP contribution is 2.47. The minimum Gasteiger partial charge on any atom is -0.391 e. The van der Waals surface area contributed by atoms with Crippen molar-refractivity contribution in [1.82, 2.24) is 0 Å². The Bertz CT molecular complexity index is 395. The number of allylic oxidation sites excluding steroid dienone is 1. The van der Waals surface area contributed by atoms with Crippen molar-refractivity contribution < 1.29 is 14.3 Å². The van der Waals surface area contributed by atoms with Crippen molar-refractivity contribution in [2.45, 2.75) is 84.0 Å². The summed E-state index contributed by atoms with van der Waals surface area (Å²) in [6, 6.07) is 0. The second-order valence-corrected chi connectivity index (χ2v) is 6.43. The molecule has 0 aromatic heterocycles. The highest BCUT2D eigenvalue weighted by molar-refractivity contribution is 6.16. The molecule has 2 aliphatic rings. The van der Waals surface area contributed by atoms with Gasteiger partial charge >= 0.3 is 11.9 Å². The van der Waals surface area contributed by atoms with Gasteiger partial charge < -0.3 is 4.74 Å². The minimum absolute atomic E-state index is 0.307. The largest absolute Gasteiger partial charge is 0.391 e. The first-order chi connectivity index (χ1) is 10.2. The third kappa shape index (κ3) is 3.56. The van der Waals surface area contributed by atoms with Crippen molar-refractivity contribution in [3.05, 3.63) is 11.6 Å². The average Bonchev–Trinajstić information content (AvgIpc) is 2.50. The number of unbranched alkanes of at least 4 members (excludes halogenated alkanes) is 7. The third-order valence-corrected chi connectivity index (χ3v) is 4.88. The van der Waals surface area contributed by atoms with E-state index in [1.807, 2.05) is 0 Å². The first-order valence-corrected chi connectivity index (χ1v) is 8.68. The van der Waals surface area contributed by atoms with Crippen LogP contribution in [-0.4, -0.2) is 11.9 Å². The van der Waals surface area contributed by atoms with Gasteiger partial charge in [-0.25, -0.2) is 9.59 Å². The number of hydrogen-bond donors (Lipinski definition) is 0. The maximum atomic E-state index is 11.8. The second kappa shape index (κ2) is 7.77. The van der Waals surface area contributed by atoms with Crippen LogP contribution in [0.15, 0.2) is 11.6 Å². The average molecular weight is 292 g/mol. The standard InChI is InChI=1S/C18H28O3/c1-2-3-4-5-6-7-8-9-12-15-13-10-11-14-18(15)16(19)21-17(18)20/h13H,2-12,14H2,1H3.